The summed E-state index contributed by atoms with van der Waals surface area (Å²) in [6.45, 7) is 4.20. The molecule has 0 aliphatic rings. The van der Waals surface area contributed by atoms with Gasteiger partial charge in [0.15, 0.2) is 0 Å². The number of sulfonamides is 1. The number of pyridine rings is 1. The molecular formula is C10H13N5O2S2. The van der Waals surface area contributed by atoms with Crippen LogP contribution in [0.4, 0.5) is 10.9 Å². The Morgan fingerprint density at radius 1 is 1.37 bits per heavy atom. The highest BCUT2D eigenvalue weighted by atomic mass is 32.2. The van der Waals surface area contributed by atoms with Crippen LogP contribution in [-0.4, -0.2) is 30.1 Å². The minimum Gasteiger partial charge on any atom is -0.369 e. The first-order valence-corrected chi connectivity index (χ1v) is 7.84. The average Bonchev–Trinajstić information content (AvgIpc) is 2.75. The number of nitrogens with zero attached hydrogens (tertiary/aromatic N) is 3. The zero-order valence-electron chi connectivity index (χ0n) is 10.4. The van der Waals surface area contributed by atoms with Crippen molar-refractivity contribution in [1.82, 2.24) is 15.2 Å². The summed E-state index contributed by atoms with van der Waals surface area (Å²) in [5.41, 5.74) is 0. The molecular weight excluding hydrogens is 286 g/mol. The van der Waals surface area contributed by atoms with Crippen molar-refractivity contribution in [1.29, 1.82) is 0 Å². The fraction of sp³-hybridized carbons (Fsp3) is 0.300. The highest BCUT2D eigenvalue weighted by Gasteiger charge is 2.20. The predicted octanol–water partition coefficient (Wildman–Crippen LogP) is 1.47. The lowest BCUT2D eigenvalue weighted by Crippen LogP contribution is -2.16. The highest BCUT2D eigenvalue weighted by Crippen LogP contribution is 2.23. The molecule has 102 valence electrons. The first kappa shape index (κ1) is 13.7. The van der Waals surface area contributed by atoms with Crippen molar-refractivity contribution >= 4 is 32.3 Å². The summed E-state index contributed by atoms with van der Waals surface area (Å²) >= 11 is 1.18. The van der Waals surface area contributed by atoms with Gasteiger partial charge >= 0.3 is 0 Å². The number of hydrogen-bond acceptors (Lipinski definition) is 7. The Bertz CT molecular complexity index is 668. The molecule has 2 aromatic rings. The number of aromatic nitrogens is 3. The Hall–Kier alpha value is -1.74. The largest absolute Gasteiger partial charge is 0.369 e. The van der Waals surface area contributed by atoms with Gasteiger partial charge in [0.2, 0.25) is 5.13 Å². The number of aryl methyl sites for hydroxylation is 1. The summed E-state index contributed by atoms with van der Waals surface area (Å²) in [6, 6.07) is 3.06. The Kier molecular flexibility index (Phi) is 3.96. The molecule has 0 unspecified atom stereocenters. The molecule has 19 heavy (non-hydrogen) atoms. The van der Waals surface area contributed by atoms with Crippen LogP contribution in [0.25, 0.3) is 0 Å². The zero-order chi connectivity index (χ0) is 13.9. The monoisotopic (exact) mass is 299 g/mol. The maximum atomic E-state index is 12.3. The van der Waals surface area contributed by atoms with E-state index in [9.17, 15) is 8.42 Å². The van der Waals surface area contributed by atoms with Crippen molar-refractivity contribution in [2.75, 3.05) is 16.6 Å². The Balaban J connectivity index is 2.34. The average molecular weight is 299 g/mol. The second kappa shape index (κ2) is 5.49. The van der Waals surface area contributed by atoms with Gasteiger partial charge in [-0.2, -0.15) is 0 Å². The van der Waals surface area contributed by atoms with Crippen LogP contribution in [0.5, 0.6) is 0 Å². The minimum absolute atomic E-state index is 0.0877. The smallest absolute Gasteiger partial charge is 0.267 e. The molecule has 0 aliphatic heterocycles. The fourth-order valence-electron chi connectivity index (χ4n) is 1.42. The van der Waals surface area contributed by atoms with E-state index in [2.05, 4.69) is 25.2 Å². The van der Waals surface area contributed by atoms with E-state index >= 15 is 0 Å². The molecule has 0 radical (unpaired) electrons. The van der Waals surface area contributed by atoms with Gasteiger partial charge in [0, 0.05) is 12.7 Å². The van der Waals surface area contributed by atoms with Gasteiger partial charge in [-0.3, -0.25) is 4.72 Å². The predicted molar refractivity (Wildman–Crippen MR) is 73.9 cm³/mol. The number of anilines is 2. The third-order valence-corrected chi connectivity index (χ3v) is 4.41. The second-order valence-electron chi connectivity index (χ2n) is 3.61. The third kappa shape index (κ3) is 3.18. The second-order valence-corrected chi connectivity index (χ2v) is 6.44. The summed E-state index contributed by atoms with van der Waals surface area (Å²) < 4.78 is 26.9. The van der Waals surface area contributed by atoms with E-state index in [1.165, 1.54) is 23.6 Å². The van der Waals surface area contributed by atoms with Gasteiger partial charge in [0.05, 0.1) is 0 Å². The lowest BCUT2D eigenvalue weighted by atomic mass is 10.4. The van der Waals surface area contributed by atoms with Crippen LogP contribution in [0.3, 0.4) is 0 Å². The molecule has 0 saturated heterocycles. The molecule has 0 bridgehead atoms. The molecule has 2 aromatic heterocycles. The van der Waals surface area contributed by atoms with E-state index in [-0.39, 0.29) is 10.0 Å². The number of hydrogen-bond donors (Lipinski definition) is 2. The third-order valence-electron chi connectivity index (χ3n) is 2.15. The first-order valence-electron chi connectivity index (χ1n) is 5.54. The quantitative estimate of drug-likeness (QED) is 0.868. The maximum absolute atomic E-state index is 12.3. The van der Waals surface area contributed by atoms with Gasteiger partial charge in [-0.15, -0.1) is 10.2 Å². The molecule has 0 spiro atoms. The number of rotatable bonds is 5. The first-order chi connectivity index (χ1) is 9.03. The van der Waals surface area contributed by atoms with Crippen LogP contribution in [0.2, 0.25) is 0 Å². The zero-order valence-corrected chi connectivity index (χ0v) is 12.0. The van der Waals surface area contributed by atoms with Crippen LogP contribution < -0.4 is 10.0 Å². The molecule has 0 amide bonds. The van der Waals surface area contributed by atoms with Crippen molar-refractivity contribution in [2.45, 2.75) is 18.7 Å². The van der Waals surface area contributed by atoms with Gasteiger partial charge in [-0.1, -0.05) is 11.3 Å². The molecule has 9 heteroatoms. The molecule has 0 atom stereocenters. The van der Waals surface area contributed by atoms with Crippen molar-refractivity contribution in [2.24, 2.45) is 0 Å². The van der Waals surface area contributed by atoms with Crippen molar-refractivity contribution in [3.05, 3.63) is 23.3 Å². The van der Waals surface area contributed by atoms with E-state index in [1.807, 2.05) is 6.92 Å². The van der Waals surface area contributed by atoms with Gasteiger partial charge in [0.1, 0.15) is 15.7 Å². The summed E-state index contributed by atoms with van der Waals surface area (Å²) in [5, 5.41) is 11.3. The van der Waals surface area contributed by atoms with Crippen LogP contribution in [0.1, 0.15) is 11.9 Å². The van der Waals surface area contributed by atoms with Crippen molar-refractivity contribution in [3.63, 3.8) is 0 Å². The topological polar surface area (TPSA) is 96.9 Å². The van der Waals surface area contributed by atoms with E-state index in [4.69, 9.17) is 0 Å². The van der Waals surface area contributed by atoms with E-state index in [1.54, 1.807) is 13.0 Å². The number of nitrogens with one attached hydrogen (secondary N) is 2. The Morgan fingerprint density at radius 3 is 2.79 bits per heavy atom. The highest BCUT2D eigenvalue weighted by molar-refractivity contribution is 7.93. The molecule has 0 fully saturated rings. The Labute approximate surface area is 115 Å². The van der Waals surface area contributed by atoms with E-state index in [0.29, 0.717) is 17.4 Å². The summed E-state index contributed by atoms with van der Waals surface area (Å²) in [6.07, 6.45) is 1.53. The summed E-state index contributed by atoms with van der Waals surface area (Å²) in [5.74, 6) is 0.318. The normalized spacial score (nSPS) is 11.3. The van der Waals surface area contributed by atoms with E-state index in [0.717, 1.165) is 0 Å². The molecule has 2 rings (SSSR count). The lowest BCUT2D eigenvalue weighted by molar-refractivity contribution is 0.601. The molecule has 0 aliphatic carbocycles. The van der Waals surface area contributed by atoms with Gasteiger partial charge in [0.25, 0.3) is 10.0 Å². The van der Waals surface area contributed by atoms with Gasteiger partial charge in [-0.25, -0.2) is 13.4 Å². The van der Waals surface area contributed by atoms with Gasteiger partial charge in [-0.05, 0) is 26.0 Å². The van der Waals surface area contributed by atoms with Crippen LogP contribution in [0.15, 0.2) is 23.2 Å². The summed E-state index contributed by atoms with van der Waals surface area (Å²) in [7, 11) is -3.72. The molecule has 0 aromatic carbocycles. The standard InChI is InChI=1S/C10H13N5O2S2/c1-3-11-9-8(5-4-6-12-9)19(16,17)15-10-14-13-7(2)18-10/h4-6H,3H2,1-2H3,(H,11,12)(H,14,15). The molecule has 0 saturated carbocycles. The molecule has 7 nitrogen and oxygen atoms in total. The summed E-state index contributed by atoms with van der Waals surface area (Å²) in [4.78, 5) is 4.11. The SMILES string of the molecule is CCNc1ncccc1S(=O)(=O)Nc1nnc(C)s1. The molecule has 2 N–H and O–H groups in total. The van der Waals surface area contributed by atoms with Crippen LogP contribution in [-0.2, 0) is 10.0 Å². The van der Waals surface area contributed by atoms with Crippen molar-refractivity contribution < 1.29 is 8.42 Å². The lowest BCUT2D eigenvalue weighted by Gasteiger charge is -2.09. The molecule has 2 heterocycles. The van der Waals surface area contributed by atoms with Crippen LogP contribution >= 0.6 is 11.3 Å². The fourth-order valence-corrected chi connectivity index (χ4v) is 3.37. The maximum Gasteiger partial charge on any atom is 0.267 e. The van der Waals surface area contributed by atoms with E-state index < -0.39 is 10.0 Å². The van der Waals surface area contributed by atoms with Crippen molar-refractivity contribution in [3.8, 4) is 0 Å². The van der Waals surface area contributed by atoms with Gasteiger partial charge < -0.3 is 5.32 Å². The Morgan fingerprint density at radius 2 is 2.16 bits per heavy atom. The van der Waals surface area contributed by atoms with Crippen LogP contribution in [0, 0.1) is 6.92 Å². The minimum atomic E-state index is -3.72.